The fourth-order valence-corrected chi connectivity index (χ4v) is 2.61. The van der Waals surface area contributed by atoms with Gasteiger partial charge in [-0.25, -0.2) is 4.68 Å². The van der Waals surface area contributed by atoms with Crippen molar-refractivity contribution in [2.45, 2.75) is 33.2 Å². The molecule has 1 N–H and O–H groups in total. The van der Waals surface area contributed by atoms with Crippen LogP contribution in [0.15, 0.2) is 33.6 Å². The Bertz CT molecular complexity index is 954. The summed E-state index contributed by atoms with van der Waals surface area (Å²) in [6.07, 6.45) is 0.757. The molecule has 0 atom stereocenters. The first-order valence-electron chi connectivity index (χ1n) is 7.69. The molecule has 7 nitrogen and oxygen atoms in total. The zero-order valence-electron chi connectivity index (χ0n) is 13.4. The lowest BCUT2D eigenvalue weighted by molar-refractivity contribution is -0.137. The van der Waals surface area contributed by atoms with E-state index in [1.807, 2.05) is 24.3 Å². The molecule has 0 bridgehead atoms. The normalized spacial score (nSPS) is 11.1. The molecule has 3 rings (SSSR count). The van der Waals surface area contributed by atoms with E-state index >= 15 is 0 Å². The van der Waals surface area contributed by atoms with E-state index in [0.29, 0.717) is 16.8 Å². The summed E-state index contributed by atoms with van der Waals surface area (Å²) in [7, 11) is 0. The number of nitrogens with zero attached hydrogens (tertiary/aromatic N) is 3. The monoisotopic (exact) mass is 327 g/mol. The van der Waals surface area contributed by atoms with Crippen molar-refractivity contribution in [3.63, 3.8) is 0 Å². The van der Waals surface area contributed by atoms with Gasteiger partial charge >= 0.3 is 5.97 Å². The molecule has 7 heteroatoms. The smallest absolute Gasteiger partial charge is 0.305 e. The Kier molecular flexibility index (Phi) is 4.16. The first kappa shape index (κ1) is 15.9. The number of carbonyl (C=O) groups is 1. The van der Waals surface area contributed by atoms with E-state index in [0.717, 1.165) is 16.7 Å². The van der Waals surface area contributed by atoms with Crippen molar-refractivity contribution in [1.29, 1.82) is 0 Å². The van der Waals surface area contributed by atoms with Crippen LogP contribution in [-0.2, 0) is 17.8 Å². The Labute approximate surface area is 137 Å². The minimum Gasteiger partial charge on any atom is -0.481 e. The minimum atomic E-state index is -0.988. The van der Waals surface area contributed by atoms with Gasteiger partial charge in [0.05, 0.1) is 24.0 Å². The standard InChI is InChI=1S/C17H17N3O4/c1-3-11-4-6-12(7-5-11)16-14-10(2)18-20(9-8-13(21)22)17(23)15(14)19-24-16/h4-7H,3,8-9H2,1-2H3,(H,21,22). The SMILES string of the molecule is CCc1ccc(-c2onc3c(=O)n(CCC(=O)O)nc(C)c23)cc1. The molecule has 24 heavy (non-hydrogen) atoms. The van der Waals surface area contributed by atoms with Crippen molar-refractivity contribution in [2.24, 2.45) is 0 Å². The topological polar surface area (TPSA) is 98.2 Å². The number of aromatic nitrogens is 3. The van der Waals surface area contributed by atoms with Gasteiger partial charge in [-0.2, -0.15) is 5.10 Å². The highest BCUT2D eigenvalue weighted by Gasteiger charge is 2.19. The summed E-state index contributed by atoms with van der Waals surface area (Å²) in [5.74, 6) is -0.488. The molecular weight excluding hydrogens is 310 g/mol. The van der Waals surface area contributed by atoms with Crippen LogP contribution in [0.1, 0.15) is 24.6 Å². The molecule has 0 aliphatic rings. The van der Waals surface area contributed by atoms with Gasteiger partial charge in [0.2, 0.25) is 0 Å². The van der Waals surface area contributed by atoms with Gasteiger partial charge in [-0.3, -0.25) is 9.59 Å². The average molecular weight is 327 g/mol. The molecule has 0 aliphatic heterocycles. The van der Waals surface area contributed by atoms with Gasteiger partial charge in [-0.1, -0.05) is 36.3 Å². The van der Waals surface area contributed by atoms with Crippen LogP contribution in [0.5, 0.6) is 0 Å². The number of fused-ring (bicyclic) bond motifs is 1. The Balaban J connectivity index is 2.10. The summed E-state index contributed by atoms with van der Waals surface area (Å²) in [6, 6.07) is 7.85. The third-order valence-electron chi connectivity index (χ3n) is 3.92. The van der Waals surface area contributed by atoms with Crippen molar-refractivity contribution in [3.8, 4) is 11.3 Å². The first-order valence-corrected chi connectivity index (χ1v) is 7.69. The number of aliphatic carboxylic acids is 1. The Morgan fingerprint density at radius 3 is 2.62 bits per heavy atom. The maximum absolute atomic E-state index is 12.4. The molecule has 124 valence electrons. The van der Waals surface area contributed by atoms with E-state index in [2.05, 4.69) is 17.2 Å². The molecule has 0 aliphatic carbocycles. The van der Waals surface area contributed by atoms with E-state index in [4.69, 9.17) is 9.63 Å². The molecule has 0 amide bonds. The zero-order chi connectivity index (χ0) is 17.3. The number of hydrogen-bond acceptors (Lipinski definition) is 5. The van der Waals surface area contributed by atoms with Crippen LogP contribution < -0.4 is 5.56 Å². The molecule has 0 spiro atoms. The predicted octanol–water partition coefficient (Wildman–Crippen LogP) is 2.40. The summed E-state index contributed by atoms with van der Waals surface area (Å²) in [4.78, 5) is 23.1. The highest BCUT2D eigenvalue weighted by Crippen LogP contribution is 2.29. The van der Waals surface area contributed by atoms with E-state index in [9.17, 15) is 9.59 Å². The number of aryl methyl sites for hydroxylation is 3. The van der Waals surface area contributed by atoms with Crippen molar-refractivity contribution < 1.29 is 14.4 Å². The van der Waals surface area contributed by atoms with E-state index in [1.54, 1.807) is 6.92 Å². The summed E-state index contributed by atoms with van der Waals surface area (Å²) in [5, 5.41) is 17.4. The maximum Gasteiger partial charge on any atom is 0.305 e. The summed E-state index contributed by atoms with van der Waals surface area (Å²) in [5.41, 5.74) is 2.32. The second kappa shape index (κ2) is 6.27. The molecule has 0 saturated heterocycles. The average Bonchev–Trinajstić information content (AvgIpc) is 3.02. The number of rotatable bonds is 5. The molecule has 0 fully saturated rings. The minimum absolute atomic E-state index is 0.00165. The van der Waals surface area contributed by atoms with Crippen LogP contribution in [0.25, 0.3) is 22.2 Å². The molecule has 0 radical (unpaired) electrons. The predicted molar refractivity (Wildman–Crippen MR) is 87.9 cm³/mol. The summed E-state index contributed by atoms with van der Waals surface area (Å²) >= 11 is 0. The van der Waals surface area contributed by atoms with Gasteiger partial charge in [0.1, 0.15) is 0 Å². The van der Waals surface area contributed by atoms with Crippen LogP contribution >= 0.6 is 0 Å². The molecule has 2 aromatic heterocycles. The van der Waals surface area contributed by atoms with Gasteiger partial charge in [-0.15, -0.1) is 0 Å². The molecular formula is C17H17N3O4. The second-order valence-corrected chi connectivity index (χ2v) is 5.54. The highest BCUT2D eigenvalue weighted by molar-refractivity contribution is 5.92. The van der Waals surface area contributed by atoms with Gasteiger partial charge in [-0.05, 0) is 18.9 Å². The Morgan fingerprint density at radius 1 is 1.29 bits per heavy atom. The lowest BCUT2D eigenvalue weighted by atomic mass is 10.1. The fraction of sp³-hybridized carbons (Fsp3) is 0.294. The largest absolute Gasteiger partial charge is 0.481 e. The van der Waals surface area contributed by atoms with E-state index in [1.165, 1.54) is 5.56 Å². The van der Waals surface area contributed by atoms with Gasteiger partial charge in [0, 0.05) is 5.56 Å². The molecule has 1 aromatic carbocycles. The lowest BCUT2D eigenvalue weighted by Gasteiger charge is -2.05. The Morgan fingerprint density at radius 2 is 2.00 bits per heavy atom. The summed E-state index contributed by atoms with van der Waals surface area (Å²) < 4.78 is 6.52. The van der Waals surface area contributed by atoms with Crippen molar-refractivity contribution in [2.75, 3.05) is 0 Å². The van der Waals surface area contributed by atoms with Crippen LogP contribution in [0, 0.1) is 6.92 Å². The third-order valence-corrected chi connectivity index (χ3v) is 3.92. The maximum atomic E-state index is 12.4. The number of benzene rings is 1. The van der Waals surface area contributed by atoms with Crippen LogP contribution in [-0.4, -0.2) is 26.0 Å². The Hall–Kier alpha value is -2.96. The number of carboxylic acid groups (broad SMARTS) is 1. The molecule has 2 heterocycles. The van der Waals surface area contributed by atoms with Crippen molar-refractivity contribution >= 4 is 16.9 Å². The van der Waals surface area contributed by atoms with Crippen LogP contribution in [0.4, 0.5) is 0 Å². The van der Waals surface area contributed by atoms with Crippen molar-refractivity contribution in [1.82, 2.24) is 14.9 Å². The molecule has 0 unspecified atom stereocenters. The van der Waals surface area contributed by atoms with Crippen LogP contribution in [0.3, 0.4) is 0 Å². The van der Waals surface area contributed by atoms with Gasteiger partial charge in [0.15, 0.2) is 11.3 Å². The molecule has 0 saturated carbocycles. The van der Waals surface area contributed by atoms with Gasteiger partial charge < -0.3 is 9.63 Å². The fourth-order valence-electron chi connectivity index (χ4n) is 2.61. The second-order valence-electron chi connectivity index (χ2n) is 5.54. The quantitative estimate of drug-likeness (QED) is 0.772. The lowest BCUT2D eigenvalue weighted by Crippen LogP contribution is -2.25. The van der Waals surface area contributed by atoms with E-state index < -0.39 is 11.5 Å². The van der Waals surface area contributed by atoms with Crippen molar-refractivity contribution in [3.05, 3.63) is 45.9 Å². The van der Waals surface area contributed by atoms with Crippen LogP contribution in [0.2, 0.25) is 0 Å². The first-order chi connectivity index (χ1) is 11.5. The third kappa shape index (κ3) is 2.80. The zero-order valence-corrected chi connectivity index (χ0v) is 13.4. The van der Waals surface area contributed by atoms with E-state index in [-0.39, 0.29) is 18.5 Å². The van der Waals surface area contributed by atoms with Gasteiger partial charge in [0.25, 0.3) is 5.56 Å². The number of carboxylic acids is 1. The number of hydrogen-bond donors (Lipinski definition) is 1. The summed E-state index contributed by atoms with van der Waals surface area (Å²) in [6.45, 7) is 3.82. The highest BCUT2D eigenvalue weighted by atomic mass is 16.5. The molecule has 3 aromatic rings.